The van der Waals surface area contributed by atoms with Crippen LogP contribution >= 0.6 is 27.5 Å². The number of hydrogen-bond donors (Lipinski definition) is 1. The van der Waals surface area contributed by atoms with Gasteiger partial charge in [0.1, 0.15) is 0 Å². The molecule has 0 radical (unpaired) electrons. The quantitative estimate of drug-likeness (QED) is 0.924. The lowest BCUT2D eigenvalue weighted by molar-refractivity contribution is 0.864. The third kappa shape index (κ3) is 2.82. The van der Waals surface area contributed by atoms with Crippen LogP contribution in [0.5, 0.6) is 0 Å². The van der Waals surface area contributed by atoms with Crippen LogP contribution in [0.4, 0.5) is 5.95 Å². The van der Waals surface area contributed by atoms with Crippen LogP contribution < -0.4 is 5.32 Å². The van der Waals surface area contributed by atoms with Crippen molar-refractivity contribution in [3.8, 4) is 5.69 Å². The Bertz CT molecular complexity index is 522. The summed E-state index contributed by atoms with van der Waals surface area (Å²) in [5.41, 5.74) is 0.985. The molecule has 1 aromatic carbocycles. The summed E-state index contributed by atoms with van der Waals surface area (Å²) < 4.78 is 2.86. The van der Waals surface area contributed by atoms with Gasteiger partial charge in [-0.25, -0.2) is 4.98 Å². The molecule has 0 aliphatic rings. The van der Waals surface area contributed by atoms with Crippen LogP contribution in [-0.2, 0) is 0 Å². The molecule has 90 valence electrons. The third-order valence-corrected chi connectivity index (χ3v) is 3.47. The summed E-state index contributed by atoms with van der Waals surface area (Å²) in [5, 5.41) is 3.97. The smallest absolute Gasteiger partial charge is 0.207 e. The highest BCUT2D eigenvalue weighted by molar-refractivity contribution is 9.10. The van der Waals surface area contributed by atoms with E-state index in [1.165, 1.54) is 0 Å². The maximum atomic E-state index is 6.09. The van der Waals surface area contributed by atoms with Crippen molar-refractivity contribution in [2.45, 2.75) is 19.9 Å². The fourth-order valence-corrected chi connectivity index (χ4v) is 1.93. The molecule has 0 saturated carbocycles. The summed E-state index contributed by atoms with van der Waals surface area (Å²) in [7, 11) is 0. The molecule has 1 N–H and O–H groups in total. The van der Waals surface area contributed by atoms with E-state index in [0.717, 1.165) is 16.1 Å². The number of imidazole rings is 1. The van der Waals surface area contributed by atoms with Crippen LogP contribution in [0.3, 0.4) is 0 Å². The molecule has 1 heterocycles. The fourth-order valence-electron chi connectivity index (χ4n) is 1.51. The number of aromatic nitrogens is 2. The molecule has 0 unspecified atom stereocenters. The minimum absolute atomic E-state index is 0.335. The summed E-state index contributed by atoms with van der Waals surface area (Å²) in [4.78, 5) is 4.28. The number of anilines is 1. The van der Waals surface area contributed by atoms with E-state index in [2.05, 4.69) is 40.1 Å². The SMILES string of the molecule is CC(C)Nc1nccn1-c1ccc(Br)c(Cl)c1. The molecule has 0 spiro atoms. The Balaban J connectivity index is 2.39. The Labute approximate surface area is 114 Å². The summed E-state index contributed by atoms with van der Waals surface area (Å²) in [6.07, 6.45) is 3.67. The number of halogens is 2. The van der Waals surface area contributed by atoms with E-state index in [1.807, 2.05) is 29.0 Å². The maximum Gasteiger partial charge on any atom is 0.207 e. The Morgan fingerprint density at radius 2 is 2.18 bits per heavy atom. The van der Waals surface area contributed by atoms with E-state index < -0.39 is 0 Å². The van der Waals surface area contributed by atoms with Crippen LogP contribution in [0.25, 0.3) is 5.69 Å². The number of nitrogens with zero attached hydrogens (tertiary/aromatic N) is 2. The zero-order chi connectivity index (χ0) is 12.4. The van der Waals surface area contributed by atoms with Crippen molar-refractivity contribution in [3.63, 3.8) is 0 Å². The van der Waals surface area contributed by atoms with E-state index in [-0.39, 0.29) is 0 Å². The minimum Gasteiger partial charge on any atom is -0.353 e. The number of rotatable bonds is 3. The van der Waals surface area contributed by atoms with Gasteiger partial charge in [-0.1, -0.05) is 11.6 Å². The van der Waals surface area contributed by atoms with Gasteiger partial charge in [-0.05, 0) is 48.0 Å². The predicted molar refractivity (Wildman–Crippen MR) is 75.0 cm³/mol. The van der Waals surface area contributed by atoms with Crippen molar-refractivity contribution >= 4 is 33.5 Å². The molecule has 5 heteroatoms. The van der Waals surface area contributed by atoms with Gasteiger partial charge >= 0.3 is 0 Å². The van der Waals surface area contributed by atoms with Gasteiger partial charge in [0.2, 0.25) is 5.95 Å². The molecule has 0 fully saturated rings. The van der Waals surface area contributed by atoms with E-state index in [0.29, 0.717) is 11.1 Å². The first-order valence-electron chi connectivity index (χ1n) is 5.33. The lowest BCUT2D eigenvalue weighted by Gasteiger charge is -2.12. The normalized spacial score (nSPS) is 10.9. The first kappa shape index (κ1) is 12.5. The molecule has 3 nitrogen and oxygen atoms in total. The monoisotopic (exact) mass is 313 g/mol. The average molecular weight is 315 g/mol. The average Bonchev–Trinajstić information content (AvgIpc) is 2.69. The van der Waals surface area contributed by atoms with Crippen molar-refractivity contribution in [1.82, 2.24) is 9.55 Å². The van der Waals surface area contributed by atoms with Crippen LogP contribution in [0.15, 0.2) is 35.1 Å². The maximum absolute atomic E-state index is 6.09. The lowest BCUT2D eigenvalue weighted by atomic mass is 10.3. The van der Waals surface area contributed by atoms with Crippen molar-refractivity contribution < 1.29 is 0 Å². The second-order valence-corrected chi connectivity index (χ2v) is 5.28. The van der Waals surface area contributed by atoms with E-state index in [1.54, 1.807) is 6.20 Å². The van der Waals surface area contributed by atoms with Crippen LogP contribution in [0, 0.1) is 0 Å². The lowest BCUT2D eigenvalue weighted by Crippen LogP contribution is -2.13. The molecule has 1 aromatic heterocycles. The zero-order valence-electron chi connectivity index (χ0n) is 9.61. The molecular weight excluding hydrogens is 302 g/mol. The van der Waals surface area contributed by atoms with Crippen LogP contribution in [0.1, 0.15) is 13.8 Å². The van der Waals surface area contributed by atoms with E-state index >= 15 is 0 Å². The molecule has 0 aliphatic carbocycles. The molecule has 0 bridgehead atoms. The third-order valence-electron chi connectivity index (χ3n) is 2.24. The molecule has 2 aromatic rings. The summed E-state index contributed by atoms with van der Waals surface area (Å²) in [5.74, 6) is 0.818. The Morgan fingerprint density at radius 1 is 1.41 bits per heavy atom. The van der Waals surface area contributed by atoms with E-state index in [4.69, 9.17) is 11.6 Å². The largest absolute Gasteiger partial charge is 0.353 e. The molecule has 0 aliphatic heterocycles. The van der Waals surface area contributed by atoms with E-state index in [9.17, 15) is 0 Å². The first-order chi connectivity index (χ1) is 8.08. The Morgan fingerprint density at radius 3 is 2.82 bits per heavy atom. The molecule has 0 amide bonds. The van der Waals surface area contributed by atoms with Crippen LogP contribution in [-0.4, -0.2) is 15.6 Å². The zero-order valence-corrected chi connectivity index (χ0v) is 12.0. The molecule has 0 saturated heterocycles. The van der Waals surface area contributed by atoms with Gasteiger partial charge in [0.15, 0.2) is 0 Å². The van der Waals surface area contributed by atoms with Gasteiger partial charge in [-0.3, -0.25) is 4.57 Å². The molecule has 17 heavy (non-hydrogen) atoms. The Hall–Kier alpha value is -1.000. The second kappa shape index (κ2) is 5.10. The van der Waals surface area contributed by atoms with Crippen molar-refractivity contribution in [2.75, 3.05) is 5.32 Å². The highest BCUT2D eigenvalue weighted by atomic mass is 79.9. The van der Waals surface area contributed by atoms with Gasteiger partial charge in [0, 0.05) is 22.9 Å². The molecule has 2 rings (SSSR count). The standard InChI is InChI=1S/C12H13BrClN3/c1-8(2)16-12-15-5-6-17(12)9-3-4-10(13)11(14)7-9/h3-8H,1-2H3,(H,15,16). The summed E-state index contributed by atoms with van der Waals surface area (Å²) >= 11 is 9.47. The van der Waals surface area contributed by atoms with Gasteiger partial charge in [0.05, 0.1) is 10.7 Å². The van der Waals surface area contributed by atoms with Crippen molar-refractivity contribution in [1.29, 1.82) is 0 Å². The second-order valence-electron chi connectivity index (χ2n) is 4.02. The fraction of sp³-hybridized carbons (Fsp3) is 0.250. The first-order valence-corrected chi connectivity index (χ1v) is 6.50. The molecular formula is C12H13BrClN3. The van der Waals surface area contributed by atoms with Gasteiger partial charge in [0.25, 0.3) is 0 Å². The predicted octanol–water partition coefficient (Wildman–Crippen LogP) is 4.11. The number of hydrogen-bond acceptors (Lipinski definition) is 2. The molecule has 0 atom stereocenters. The minimum atomic E-state index is 0.335. The summed E-state index contributed by atoms with van der Waals surface area (Å²) in [6.45, 7) is 4.15. The highest BCUT2D eigenvalue weighted by Gasteiger charge is 2.07. The topological polar surface area (TPSA) is 29.9 Å². The Kier molecular flexibility index (Phi) is 3.74. The number of nitrogens with one attached hydrogen (secondary N) is 1. The van der Waals surface area contributed by atoms with Gasteiger partial charge < -0.3 is 5.32 Å². The van der Waals surface area contributed by atoms with Crippen molar-refractivity contribution in [3.05, 3.63) is 40.1 Å². The highest BCUT2D eigenvalue weighted by Crippen LogP contribution is 2.26. The number of benzene rings is 1. The van der Waals surface area contributed by atoms with Crippen LogP contribution in [0.2, 0.25) is 5.02 Å². The van der Waals surface area contributed by atoms with Gasteiger partial charge in [-0.15, -0.1) is 0 Å². The van der Waals surface area contributed by atoms with Crippen molar-refractivity contribution in [2.24, 2.45) is 0 Å². The van der Waals surface area contributed by atoms with Gasteiger partial charge in [-0.2, -0.15) is 0 Å². The summed E-state index contributed by atoms with van der Waals surface area (Å²) in [6, 6.07) is 6.15.